The van der Waals surface area contributed by atoms with Crippen LogP contribution in [-0.4, -0.2) is 13.1 Å². The minimum Gasteiger partial charge on any atom is -0.316 e. The summed E-state index contributed by atoms with van der Waals surface area (Å²) in [5, 5.41) is 3.54. The normalized spacial score (nSPS) is 13.8. The third-order valence-corrected chi connectivity index (χ3v) is 4.42. The monoisotopic (exact) mass is 343 g/mol. The van der Waals surface area contributed by atoms with Crippen LogP contribution < -0.4 is 5.32 Å². The van der Waals surface area contributed by atoms with Gasteiger partial charge in [0.1, 0.15) is 5.82 Å². The molecule has 0 aromatic heterocycles. The van der Waals surface area contributed by atoms with Gasteiger partial charge >= 0.3 is 0 Å². The summed E-state index contributed by atoms with van der Waals surface area (Å²) in [5.74, 6) is 0.960. The maximum Gasteiger partial charge on any atom is 0.123 e. The van der Waals surface area contributed by atoms with Gasteiger partial charge in [-0.3, -0.25) is 0 Å². The van der Waals surface area contributed by atoms with Gasteiger partial charge in [-0.05, 0) is 60.5 Å². The van der Waals surface area contributed by atoms with Crippen LogP contribution in [0.1, 0.15) is 40.2 Å². The van der Waals surface area contributed by atoms with Crippen LogP contribution in [0.15, 0.2) is 22.7 Å². The molecule has 0 aliphatic carbocycles. The van der Waals surface area contributed by atoms with E-state index < -0.39 is 0 Å². The van der Waals surface area contributed by atoms with Crippen molar-refractivity contribution in [3.05, 3.63) is 34.1 Å². The van der Waals surface area contributed by atoms with Crippen molar-refractivity contribution in [2.24, 2.45) is 17.3 Å². The summed E-state index contributed by atoms with van der Waals surface area (Å²) in [6.45, 7) is 13.2. The molecule has 1 atom stereocenters. The second-order valence-electron chi connectivity index (χ2n) is 7.05. The van der Waals surface area contributed by atoms with E-state index in [1.807, 2.05) is 0 Å². The molecule has 1 N–H and O–H groups in total. The summed E-state index contributed by atoms with van der Waals surface area (Å²) in [7, 11) is 0. The van der Waals surface area contributed by atoms with Crippen molar-refractivity contribution >= 4 is 15.9 Å². The highest BCUT2D eigenvalue weighted by molar-refractivity contribution is 9.10. The molecule has 20 heavy (non-hydrogen) atoms. The van der Waals surface area contributed by atoms with Crippen LogP contribution in [0.4, 0.5) is 4.39 Å². The largest absolute Gasteiger partial charge is 0.316 e. The van der Waals surface area contributed by atoms with Gasteiger partial charge in [0.25, 0.3) is 0 Å². The molecule has 1 nitrogen and oxygen atoms in total. The van der Waals surface area contributed by atoms with Crippen molar-refractivity contribution in [2.75, 3.05) is 13.1 Å². The molecule has 0 bridgehead atoms. The Balaban J connectivity index is 2.76. The predicted octanol–water partition coefficient (Wildman–Crippen LogP) is 5.04. The standard InChI is InChI=1S/C17H27BrFN/c1-12(2)10-20-11-14(17(3,4)5)8-13-9-15(19)6-7-16(13)18/h6-7,9,12,14,20H,8,10-11H2,1-5H3. The fourth-order valence-electron chi connectivity index (χ4n) is 2.20. The van der Waals surface area contributed by atoms with Gasteiger partial charge in [-0.25, -0.2) is 4.39 Å². The zero-order valence-electron chi connectivity index (χ0n) is 13.3. The van der Waals surface area contributed by atoms with Gasteiger partial charge < -0.3 is 5.32 Å². The van der Waals surface area contributed by atoms with E-state index in [0.29, 0.717) is 11.8 Å². The third kappa shape index (κ3) is 5.92. The number of hydrogen-bond donors (Lipinski definition) is 1. The molecule has 3 heteroatoms. The Morgan fingerprint density at radius 1 is 1.20 bits per heavy atom. The molecule has 0 heterocycles. The molecule has 0 aliphatic heterocycles. The molecule has 0 saturated carbocycles. The highest BCUT2D eigenvalue weighted by Crippen LogP contribution is 2.31. The maximum absolute atomic E-state index is 13.4. The molecule has 1 rings (SSSR count). The summed E-state index contributed by atoms with van der Waals surface area (Å²) in [6.07, 6.45) is 0.882. The minimum atomic E-state index is -0.161. The number of benzene rings is 1. The first-order valence-electron chi connectivity index (χ1n) is 7.34. The summed E-state index contributed by atoms with van der Waals surface area (Å²) < 4.78 is 14.4. The van der Waals surface area contributed by atoms with Gasteiger partial charge in [0.05, 0.1) is 0 Å². The molecule has 0 aliphatic rings. The second kappa shape index (κ2) is 7.56. The summed E-state index contributed by atoms with van der Waals surface area (Å²) >= 11 is 3.53. The Hall–Kier alpha value is -0.410. The van der Waals surface area contributed by atoms with Gasteiger partial charge in [0.15, 0.2) is 0 Å². The van der Waals surface area contributed by atoms with Crippen molar-refractivity contribution in [1.82, 2.24) is 5.32 Å². The lowest BCUT2D eigenvalue weighted by Gasteiger charge is -2.32. The van der Waals surface area contributed by atoms with Gasteiger partial charge in [0.2, 0.25) is 0 Å². The first kappa shape index (κ1) is 17.6. The van der Waals surface area contributed by atoms with E-state index in [-0.39, 0.29) is 11.2 Å². The van der Waals surface area contributed by atoms with E-state index in [9.17, 15) is 4.39 Å². The Bertz CT molecular complexity index is 423. The SMILES string of the molecule is CC(C)CNCC(Cc1cc(F)ccc1Br)C(C)(C)C. The van der Waals surface area contributed by atoms with Crippen molar-refractivity contribution in [1.29, 1.82) is 0 Å². The summed E-state index contributed by atoms with van der Waals surface area (Å²) in [6, 6.07) is 4.94. The van der Waals surface area contributed by atoms with Gasteiger partial charge in [-0.15, -0.1) is 0 Å². The fraction of sp³-hybridized carbons (Fsp3) is 0.647. The lowest BCUT2D eigenvalue weighted by molar-refractivity contribution is 0.228. The first-order chi connectivity index (χ1) is 9.20. The Morgan fingerprint density at radius 2 is 1.85 bits per heavy atom. The molecule has 114 valence electrons. The predicted molar refractivity (Wildman–Crippen MR) is 88.5 cm³/mol. The molecular weight excluding hydrogens is 317 g/mol. The van der Waals surface area contributed by atoms with E-state index >= 15 is 0 Å². The topological polar surface area (TPSA) is 12.0 Å². The lowest BCUT2D eigenvalue weighted by Crippen LogP contribution is -2.35. The fourth-order valence-corrected chi connectivity index (χ4v) is 2.60. The van der Waals surface area contributed by atoms with Crippen LogP contribution in [0.2, 0.25) is 0 Å². The van der Waals surface area contributed by atoms with E-state index in [1.165, 1.54) is 6.07 Å². The van der Waals surface area contributed by atoms with Gasteiger partial charge in [-0.2, -0.15) is 0 Å². The highest BCUT2D eigenvalue weighted by atomic mass is 79.9. The summed E-state index contributed by atoms with van der Waals surface area (Å²) in [5.41, 5.74) is 1.24. The minimum absolute atomic E-state index is 0.161. The van der Waals surface area contributed by atoms with Crippen LogP contribution in [0.25, 0.3) is 0 Å². The number of hydrogen-bond acceptors (Lipinski definition) is 1. The van der Waals surface area contributed by atoms with Crippen molar-refractivity contribution in [3.8, 4) is 0 Å². The van der Waals surface area contributed by atoms with Crippen LogP contribution in [0, 0.1) is 23.1 Å². The van der Waals surface area contributed by atoms with E-state index in [4.69, 9.17) is 0 Å². The smallest absolute Gasteiger partial charge is 0.123 e. The molecule has 1 aromatic carbocycles. The van der Waals surface area contributed by atoms with Gasteiger partial charge in [0, 0.05) is 4.47 Å². The van der Waals surface area contributed by atoms with Gasteiger partial charge in [-0.1, -0.05) is 50.5 Å². The van der Waals surface area contributed by atoms with E-state index in [0.717, 1.165) is 29.5 Å². The van der Waals surface area contributed by atoms with E-state index in [2.05, 4.69) is 55.9 Å². The molecular formula is C17H27BrFN. The van der Waals surface area contributed by atoms with Crippen LogP contribution in [0.3, 0.4) is 0 Å². The third-order valence-electron chi connectivity index (χ3n) is 3.64. The molecule has 1 aromatic rings. The number of rotatable bonds is 6. The first-order valence-corrected chi connectivity index (χ1v) is 8.14. The molecule has 0 radical (unpaired) electrons. The highest BCUT2D eigenvalue weighted by Gasteiger charge is 2.25. The molecule has 0 saturated heterocycles. The number of halogens is 2. The zero-order chi connectivity index (χ0) is 15.3. The molecule has 0 amide bonds. The van der Waals surface area contributed by atoms with Crippen LogP contribution >= 0.6 is 15.9 Å². The zero-order valence-corrected chi connectivity index (χ0v) is 14.8. The molecule has 0 fully saturated rings. The second-order valence-corrected chi connectivity index (χ2v) is 7.91. The Kier molecular flexibility index (Phi) is 6.67. The van der Waals surface area contributed by atoms with Crippen molar-refractivity contribution in [2.45, 2.75) is 41.0 Å². The maximum atomic E-state index is 13.4. The Morgan fingerprint density at radius 3 is 2.40 bits per heavy atom. The average Bonchev–Trinajstić information content (AvgIpc) is 2.30. The van der Waals surface area contributed by atoms with Crippen molar-refractivity contribution in [3.63, 3.8) is 0 Å². The van der Waals surface area contributed by atoms with Crippen LogP contribution in [-0.2, 0) is 6.42 Å². The lowest BCUT2D eigenvalue weighted by atomic mass is 9.77. The van der Waals surface area contributed by atoms with Crippen molar-refractivity contribution < 1.29 is 4.39 Å². The summed E-state index contributed by atoms with van der Waals surface area (Å²) in [4.78, 5) is 0. The number of nitrogens with one attached hydrogen (secondary N) is 1. The molecule has 0 spiro atoms. The average molecular weight is 344 g/mol. The van der Waals surface area contributed by atoms with E-state index in [1.54, 1.807) is 12.1 Å². The van der Waals surface area contributed by atoms with Crippen LogP contribution in [0.5, 0.6) is 0 Å². The Labute approximate surface area is 131 Å². The quantitative estimate of drug-likeness (QED) is 0.762. The molecule has 1 unspecified atom stereocenters.